The summed E-state index contributed by atoms with van der Waals surface area (Å²) in [6.07, 6.45) is 0.577. The van der Waals surface area contributed by atoms with Crippen molar-refractivity contribution >= 4 is 35.0 Å². The molecule has 2 saturated heterocycles. The van der Waals surface area contributed by atoms with E-state index in [4.69, 9.17) is 11.6 Å². The first-order chi connectivity index (χ1) is 10.1. The molecule has 2 aliphatic heterocycles. The van der Waals surface area contributed by atoms with Crippen LogP contribution in [0.15, 0.2) is 24.3 Å². The highest BCUT2D eigenvalue weighted by atomic mass is 35.5. The van der Waals surface area contributed by atoms with Crippen molar-refractivity contribution in [1.29, 1.82) is 0 Å². The highest BCUT2D eigenvalue weighted by Gasteiger charge is 2.42. The molecule has 0 aromatic heterocycles. The Balaban J connectivity index is 1.60. The smallest absolute Gasteiger partial charge is 0.255 e. The van der Waals surface area contributed by atoms with Gasteiger partial charge in [-0.1, -0.05) is 11.6 Å². The molecule has 6 heteroatoms. The van der Waals surface area contributed by atoms with Crippen molar-refractivity contribution in [3.05, 3.63) is 29.3 Å². The molecule has 1 aromatic rings. The predicted molar refractivity (Wildman–Crippen MR) is 87.1 cm³/mol. The fourth-order valence-electron chi connectivity index (χ4n) is 2.84. The van der Waals surface area contributed by atoms with Gasteiger partial charge >= 0.3 is 0 Å². The fraction of sp³-hybridized carbons (Fsp3) is 0.533. The molecule has 1 amide bonds. The Hall–Kier alpha value is -0.910. The number of aliphatic hydroxyl groups is 1. The summed E-state index contributed by atoms with van der Waals surface area (Å²) in [5.74, 6) is 1.30. The molecule has 1 aromatic carbocycles. The minimum atomic E-state index is -1.13. The predicted octanol–water partition coefficient (Wildman–Crippen LogP) is 1.86. The number of piperazine rings is 1. The number of carbonyl (C=O) groups is 1. The third kappa shape index (κ3) is 3.15. The number of carbonyl (C=O) groups excluding carboxylic acids is 1. The number of amides is 1. The molecular weight excluding hydrogens is 308 g/mol. The molecule has 2 aliphatic rings. The van der Waals surface area contributed by atoms with Crippen LogP contribution in [0, 0.1) is 0 Å². The third-order valence-corrected chi connectivity index (χ3v) is 5.58. The summed E-state index contributed by atoms with van der Waals surface area (Å²) >= 11 is 7.55. The lowest BCUT2D eigenvalue weighted by Gasteiger charge is -2.38. The van der Waals surface area contributed by atoms with Gasteiger partial charge in [-0.2, -0.15) is 11.8 Å². The number of anilines is 1. The molecule has 1 N–H and O–H groups in total. The van der Waals surface area contributed by atoms with Crippen molar-refractivity contribution in [2.45, 2.75) is 12.0 Å². The van der Waals surface area contributed by atoms with Crippen LogP contribution in [0.3, 0.4) is 0 Å². The van der Waals surface area contributed by atoms with Crippen molar-refractivity contribution in [2.75, 3.05) is 42.6 Å². The van der Waals surface area contributed by atoms with Crippen molar-refractivity contribution in [3.63, 3.8) is 0 Å². The Morgan fingerprint density at radius 1 is 1.19 bits per heavy atom. The van der Waals surface area contributed by atoms with Crippen molar-refractivity contribution in [3.8, 4) is 0 Å². The Bertz CT molecular complexity index is 509. The lowest BCUT2D eigenvalue weighted by atomic mass is 10.0. The average molecular weight is 327 g/mol. The molecule has 0 spiro atoms. The van der Waals surface area contributed by atoms with Gasteiger partial charge in [0, 0.05) is 42.6 Å². The molecule has 0 saturated carbocycles. The average Bonchev–Trinajstić information content (AvgIpc) is 2.96. The molecule has 3 rings (SSSR count). The van der Waals surface area contributed by atoms with Crippen molar-refractivity contribution in [1.82, 2.24) is 4.90 Å². The van der Waals surface area contributed by atoms with E-state index in [1.54, 1.807) is 16.7 Å². The second kappa shape index (κ2) is 6.07. The monoisotopic (exact) mass is 326 g/mol. The second-order valence-electron chi connectivity index (χ2n) is 5.59. The zero-order valence-corrected chi connectivity index (χ0v) is 13.4. The number of nitrogens with zero attached hydrogens (tertiary/aromatic N) is 2. The molecule has 2 heterocycles. The number of rotatable bonds is 2. The number of benzene rings is 1. The molecular formula is C15H19ClN2O2S. The van der Waals surface area contributed by atoms with Gasteiger partial charge in [-0.05, 0) is 36.4 Å². The lowest BCUT2D eigenvalue weighted by Crippen LogP contribution is -2.56. The van der Waals surface area contributed by atoms with E-state index in [1.165, 1.54) is 0 Å². The maximum absolute atomic E-state index is 12.4. The van der Waals surface area contributed by atoms with Crippen LogP contribution in [0.5, 0.6) is 0 Å². The van der Waals surface area contributed by atoms with Gasteiger partial charge in [-0.25, -0.2) is 0 Å². The van der Waals surface area contributed by atoms with Crippen molar-refractivity contribution < 1.29 is 9.90 Å². The van der Waals surface area contributed by atoms with Gasteiger partial charge in [-0.15, -0.1) is 0 Å². The van der Waals surface area contributed by atoms with E-state index in [0.717, 1.165) is 29.6 Å². The van der Waals surface area contributed by atoms with E-state index in [1.807, 2.05) is 24.3 Å². The normalized spacial score (nSPS) is 26.2. The molecule has 2 fully saturated rings. The molecule has 0 bridgehead atoms. The summed E-state index contributed by atoms with van der Waals surface area (Å²) in [5, 5.41) is 11.1. The highest BCUT2D eigenvalue weighted by Crippen LogP contribution is 2.30. The molecule has 21 heavy (non-hydrogen) atoms. The minimum Gasteiger partial charge on any atom is -0.379 e. The summed E-state index contributed by atoms with van der Waals surface area (Å²) in [4.78, 5) is 16.5. The van der Waals surface area contributed by atoms with Crippen molar-refractivity contribution in [2.24, 2.45) is 0 Å². The van der Waals surface area contributed by atoms with E-state index >= 15 is 0 Å². The number of thioether (sulfide) groups is 1. The van der Waals surface area contributed by atoms with Crippen LogP contribution in [0.4, 0.5) is 5.69 Å². The van der Waals surface area contributed by atoms with E-state index in [0.29, 0.717) is 25.3 Å². The van der Waals surface area contributed by atoms with Crippen LogP contribution >= 0.6 is 23.4 Å². The Kier molecular flexibility index (Phi) is 4.33. The number of hydrogen-bond donors (Lipinski definition) is 1. The molecule has 0 aliphatic carbocycles. The summed E-state index contributed by atoms with van der Waals surface area (Å²) in [7, 11) is 0. The second-order valence-corrected chi connectivity index (χ2v) is 7.13. The first kappa shape index (κ1) is 15.0. The number of halogens is 1. The topological polar surface area (TPSA) is 43.8 Å². The first-order valence-corrected chi connectivity index (χ1v) is 8.72. The number of hydrogen-bond acceptors (Lipinski definition) is 4. The van der Waals surface area contributed by atoms with Gasteiger partial charge in [0.2, 0.25) is 0 Å². The van der Waals surface area contributed by atoms with Crippen LogP contribution in [0.2, 0.25) is 5.02 Å². The summed E-state index contributed by atoms with van der Waals surface area (Å²) < 4.78 is 0. The van der Waals surface area contributed by atoms with Gasteiger partial charge in [-0.3, -0.25) is 4.79 Å². The SMILES string of the molecule is O=C(N1CCN(c2ccc(Cl)cc2)CC1)C1(O)CCSC1. The summed E-state index contributed by atoms with van der Waals surface area (Å²) in [6, 6.07) is 7.77. The fourth-order valence-corrected chi connectivity index (χ4v) is 4.19. The van der Waals surface area contributed by atoms with E-state index < -0.39 is 5.60 Å². The summed E-state index contributed by atoms with van der Waals surface area (Å²) in [5.41, 5.74) is -0.00532. The van der Waals surface area contributed by atoms with E-state index in [9.17, 15) is 9.90 Å². The molecule has 1 atom stereocenters. The largest absolute Gasteiger partial charge is 0.379 e. The third-order valence-electron chi connectivity index (χ3n) is 4.16. The van der Waals surface area contributed by atoms with Crippen LogP contribution in [-0.4, -0.2) is 59.2 Å². The van der Waals surface area contributed by atoms with Gasteiger partial charge in [0.25, 0.3) is 5.91 Å². The minimum absolute atomic E-state index is 0.0942. The Labute approximate surface area is 134 Å². The maximum Gasteiger partial charge on any atom is 0.255 e. The molecule has 4 nitrogen and oxygen atoms in total. The van der Waals surface area contributed by atoms with Gasteiger partial charge in [0.1, 0.15) is 0 Å². The summed E-state index contributed by atoms with van der Waals surface area (Å²) in [6.45, 7) is 2.90. The quantitative estimate of drug-likeness (QED) is 0.901. The Morgan fingerprint density at radius 2 is 1.86 bits per heavy atom. The van der Waals surface area contributed by atoms with Crippen LogP contribution in [-0.2, 0) is 4.79 Å². The van der Waals surface area contributed by atoms with Crippen LogP contribution < -0.4 is 4.90 Å². The van der Waals surface area contributed by atoms with Crippen LogP contribution in [0.25, 0.3) is 0 Å². The zero-order valence-electron chi connectivity index (χ0n) is 11.8. The lowest BCUT2D eigenvalue weighted by molar-refractivity contribution is -0.149. The molecule has 114 valence electrons. The van der Waals surface area contributed by atoms with E-state index in [2.05, 4.69) is 4.90 Å². The zero-order chi connectivity index (χ0) is 14.9. The molecule has 1 unspecified atom stereocenters. The van der Waals surface area contributed by atoms with Crippen LogP contribution in [0.1, 0.15) is 6.42 Å². The van der Waals surface area contributed by atoms with Gasteiger partial charge in [0.15, 0.2) is 5.60 Å². The molecule has 0 radical (unpaired) electrons. The first-order valence-electron chi connectivity index (χ1n) is 7.18. The maximum atomic E-state index is 12.4. The Morgan fingerprint density at radius 3 is 2.43 bits per heavy atom. The van der Waals surface area contributed by atoms with Gasteiger partial charge in [0.05, 0.1) is 0 Å². The van der Waals surface area contributed by atoms with E-state index in [-0.39, 0.29) is 5.91 Å². The standard InChI is InChI=1S/C15H19ClN2O2S/c16-12-1-3-13(4-2-12)17-6-8-18(9-7-17)14(19)15(20)5-10-21-11-15/h1-4,20H,5-11H2. The highest BCUT2D eigenvalue weighted by molar-refractivity contribution is 7.99. The van der Waals surface area contributed by atoms with Gasteiger partial charge < -0.3 is 14.9 Å².